The summed E-state index contributed by atoms with van der Waals surface area (Å²) in [6.45, 7) is 10.6. The van der Waals surface area contributed by atoms with Crippen molar-refractivity contribution in [1.82, 2.24) is 5.32 Å². The van der Waals surface area contributed by atoms with Crippen LogP contribution in [0.1, 0.15) is 40.2 Å². The van der Waals surface area contributed by atoms with Crippen LogP contribution >= 0.6 is 11.6 Å². The maximum Gasteiger partial charge on any atom is 0.239 e. The molecule has 23 heavy (non-hydrogen) atoms. The molecule has 0 bridgehead atoms. The van der Waals surface area contributed by atoms with E-state index in [1.54, 1.807) is 26.0 Å². The molecule has 2 N–H and O–H groups in total. The number of benzene rings is 1. The van der Waals surface area contributed by atoms with Crippen LogP contribution in [0.15, 0.2) is 12.1 Å². The van der Waals surface area contributed by atoms with Crippen LogP contribution in [0.2, 0.25) is 5.02 Å². The van der Waals surface area contributed by atoms with Crippen LogP contribution in [0.5, 0.6) is 5.75 Å². The van der Waals surface area contributed by atoms with Crippen LogP contribution in [0, 0.1) is 12.3 Å². The maximum atomic E-state index is 12.6. The molecule has 0 aliphatic heterocycles. The van der Waals surface area contributed by atoms with Gasteiger partial charge in [-0.05, 0) is 53.2 Å². The molecule has 0 heterocycles. The molecule has 0 spiro atoms. The molecule has 1 aromatic carbocycles. The minimum Gasteiger partial charge on any atom is -0.495 e. The molecule has 0 atom stereocenters. The van der Waals surface area contributed by atoms with Crippen LogP contribution in [-0.2, 0) is 9.59 Å². The normalized spacial score (nSPS) is 11.8. The minimum atomic E-state index is -1.23. The third-order valence-corrected chi connectivity index (χ3v) is 3.76. The van der Waals surface area contributed by atoms with Gasteiger partial charge in [-0.15, -0.1) is 0 Å². The molecule has 0 fully saturated rings. The van der Waals surface area contributed by atoms with Crippen LogP contribution in [0.3, 0.4) is 0 Å². The molecule has 0 aromatic heterocycles. The van der Waals surface area contributed by atoms with Gasteiger partial charge >= 0.3 is 0 Å². The lowest BCUT2D eigenvalue weighted by molar-refractivity contribution is -0.139. The fraction of sp³-hybridized carbons (Fsp3) is 0.529. The van der Waals surface area contributed by atoms with Gasteiger partial charge in [0.05, 0.1) is 12.8 Å². The topological polar surface area (TPSA) is 67.4 Å². The number of nitrogens with one attached hydrogen (secondary N) is 2. The van der Waals surface area contributed by atoms with E-state index in [1.165, 1.54) is 7.11 Å². The summed E-state index contributed by atoms with van der Waals surface area (Å²) >= 11 is 6.06. The Bertz CT molecular complexity index is 619. The van der Waals surface area contributed by atoms with Gasteiger partial charge in [0.1, 0.15) is 11.2 Å². The molecule has 1 rings (SSSR count). The Morgan fingerprint density at radius 3 is 2.13 bits per heavy atom. The smallest absolute Gasteiger partial charge is 0.239 e. The van der Waals surface area contributed by atoms with Crippen molar-refractivity contribution in [3.63, 3.8) is 0 Å². The van der Waals surface area contributed by atoms with Gasteiger partial charge in [0.15, 0.2) is 0 Å². The maximum absolute atomic E-state index is 12.6. The van der Waals surface area contributed by atoms with E-state index in [2.05, 4.69) is 10.6 Å². The molecule has 2 amide bonds. The fourth-order valence-corrected chi connectivity index (χ4v) is 1.96. The molecule has 0 aliphatic rings. The zero-order chi connectivity index (χ0) is 18.0. The molecular formula is C17H25ClN2O3. The number of anilines is 1. The van der Waals surface area contributed by atoms with Crippen LogP contribution in [0.4, 0.5) is 5.69 Å². The molecule has 128 valence electrons. The van der Waals surface area contributed by atoms with Crippen molar-refractivity contribution < 1.29 is 14.3 Å². The van der Waals surface area contributed by atoms with Crippen molar-refractivity contribution >= 4 is 29.1 Å². The van der Waals surface area contributed by atoms with Crippen molar-refractivity contribution in [3.05, 3.63) is 22.7 Å². The van der Waals surface area contributed by atoms with Gasteiger partial charge in [-0.3, -0.25) is 9.59 Å². The van der Waals surface area contributed by atoms with E-state index >= 15 is 0 Å². The van der Waals surface area contributed by atoms with E-state index < -0.39 is 16.9 Å². The zero-order valence-corrected chi connectivity index (χ0v) is 15.5. The van der Waals surface area contributed by atoms with Gasteiger partial charge in [-0.1, -0.05) is 11.6 Å². The molecule has 0 radical (unpaired) electrons. The molecule has 6 heteroatoms. The van der Waals surface area contributed by atoms with E-state index in [4.69, 9.17) is 16.3 Å². The SMILES string of the molecule is COc1cc(Cl)c(C)cc1NC(=O)C(C)(C)C(=O)NC(C)(C)C. The number of methoxy groups -OCH3 is 1. The molecule has 5 nitrogen and oxygen atoms in total. The lowest BCUT2D eigenvalue weighted by Crippen LogP contribution is -2.51. The summed E-state index contributed by atoms with van der Waals surface area (Å²) in [5.74, 6) is -0.313. The number of hydrogen-bond donors (Lipinski definition) is 2. The Morgan fingerprint density at radius 1 is 1.09 bits per heavy atom. The second-order valence-electron chi connectivity index (χ2n) is 7.08. The second kappa shape index (κ2) is 6.79. The van der Waals surface area contributed by atoms with Gasteiger partial charge in [-0.25, -0.2) is 0 Å². The Hall–Kier alpha value is -1.75. The summed E-state index contributed by atoms with van der Waals surface area (Å²) in [6.07, 6.45) is 0. The number of ether oxygens (including phenoxy) is 1. The second-order valence-corrected chi connectivity index (χ2v) is 7.49. The van der Waals surface area contributed by atoms with Gasteiger partial charge in [-0.2, -0.15) is 0 Å². The predicted octanol–water partition coefficient (Wildman–Crippen LogP) is 3.54. The number of carbonyl (C=O) groups is 2. The number of halogens is 1. The van der Waals surface area contributed by atoms with Crippen molar-refractivity contribution in [2.75, 3.05) is 12.4 Å². The van der Waals surface area contributed by atoms with Crippen LogP contribution < -0.4 is 15.4 Å². The summed E-state index contributed by atoms with van der Waals surface area (Å²) < 4.78 is 5.24. The quantitative estimate of drug-likeness (QED) is 0.824. The van der Waals surface area contributed by atoms with Crippen LogP contribution in [0.25, 0.3) is 0 Å². The number of amides is 2. The minimum absolute atomic E-state index is 0.341. The first-order valence-corrected chi connectivity index (χ1v) is 7.74. The summed E-state index contributed by atoms with van der Waals surface area (Å²) in [6, 6.07) is 3.35. The zero-order valence-electron chi connectivity index (χ0n) is 14.8. The summed E-state index contributed by atoms with van der Waals surface area (Å²) in [5.41, 5.74) is -0.356. The van der Waals surface area contributed by atoms with E-state index in [0.29, 0.717) is 16.5 Å². The lowest BCUT2D eigenvalue weighted by atomic mass is 9.89. The van der Waals surface area contributed by atoms with Gasteiger partial charge in [0.25, 0.3) is 0 Å². The average Bonchev–Trinajstić information content (AvgIpc) is 2.40. The molecule has 0 unspecified atom stereocenters. The monoisotopic (exact) mass is 340 g/mol. The van der Waals surface area contributed by atoms with E-state index in [9.17, 15) is 9.59 Å². The Morgan fingerprint density at radius 2 is 1.65 bits per heavy atom. The Kier molecular flexibility index (Phi) is 5.69. The van der Waals surface area contributed by atoms with Crippen molar-refractivity contribution in [1.29, 1.82) is 0 Å². The first-order chi connectivity index (χ1) is 10.4. The standard InChI is InChI=1S/C17H25ClN2O3/c1-10-8-12(13(23-7)9-11(10)18)19-14(21)17(5,6)15(22)20-16(2,3)4/h8-9H,1-7H3,(H,19,21)(H,20,22). The van der Waals surface area contributed by atoms with Crippen molar-refractivity contribution in [2.24, 2.45) is 5.41 Å². The Labute approximate surface area is 142 Å². The largest absolute Gasteiger partial charge is 0.495 e. The fourth-order valence-electron chi connectivity index (χ4n) is 1.81. The van der Waals surface area contributed by atoms with E-state index in [1.807, 2.05) is 27.7 Å². The van der Waals surface area contributed by atoms with Crippen molar-refractivity contribution in [3.8, 4) is 5.75 Å². The number of hydrogen-bond acceptors (Lipinski definition) is 3. The number of rotatable bonds is 4. The summed E-state index contributed by atoms with van der Waals surface area (Å²) in [4.78, 5) is 24.9. The van der Waals surface area contributed by atoms with E-state index in [-0.39, 0.29) is 5.91 Å². The molecule has 0 saturated heterocycles. The Balaban J connectivity index is 3.03. The van der Waals surface area contributed by atoms with Gasteiger partial charge in [0, 0.05) is 16.6 Å². The highest BCUT2D eigenvalue weighted by molar-refractivity contribution is 6.31. The summed E-state index contributed by atoms with van der Waals surface area (Å²) in [7, 11) is 1.49. The molecule has 0 aliphatic carbocycles. The third-order valence-electron chi connectivity index (χ3n) is 3.35. The van der Waals surface area contributed by atoms with Crippen molar-refractivity contribution in [2.45, 2.75) is 47.1 Å². The lowest BCUT2D eigenvalue weighted by Gasteiger charge is -2.28. The number of aryl methyl sites for hydroxylation is 1. The number of carbonyl (C=O) groups excluding carboxylic acids is 2. The molecule has 0 saturated carbocycles. The first-order valence-electron chi connectivity index (χ1n) is 7.36. The van der Waals surface area contributed by atoms with Crippen LogP contribution in [-0.4, -0.2) is 24.5 Å². The molecule has 1 aromatic rings. The highest BCUT2D eigenvalue weighted by Gasteiger charge is 2.38. The molecular weight excluding hydrogens is 316 g/mol. The van der Waals surface area contributed by atoms with E-state index in [0.717, 1.165) is 5.56 Å². The predicted molar refractivity (Wildman–Crippen MR) is 93.0 cm³/mol. The highest BCUT2D eigenvalue weighted by atomic mass is 35.5. The highest BCUT2D eigenvalue weighted by Crippen LogP contribution is 2.32. The average molecular weight is 341 g/mol. The summed E-state index contributed by atoms with van der Waals surface area (Å²) in [5, 5.41) is 6.12. The first kappa shape index (κ1) is 19.3. The van der Waals surface area contributed by atoms with Gasteiger partial charge in [0.2, 0.25) is 11.8 Å². The third kappa shape index (κ3) is 4.86. The van der Waals surface area contributed by atoms with Gasteiger partial charge < -0.3 is 15.4 Å².